The highest BCUT2D eigenvalue weighted by Gasteiger charge is 2.28. The highest BCUT2D eigenvalue weighted by molar-refractivity contribution is 5.91. The summed E-state index contributed by atoms with van der Waals surface area (Å²) in [5.74, 6) is 6.75. The Balaban J connectivity index is 1.76. The van der Waals surface area contributed by atoms with Crippen molar-refractivity contribution >= 4 is 22.4 Å². The Morgan fingerprint density at radius 3 is 2.51 bits per heavy atom. The van der Waals surface area contributed by atoms with Crippen molar-refractivity contribution in [3.8, 4) is 0 Å². The van der Waals surface area contributed by atoms with E-state index in [2.05, 4.69) is 53.9 Å². The van der Waals surface area contributed by atoms with Crippen LogP contribution in [0.4, 0.5) is 15.9 Å². The molecule has 186 valence electrons. The van der Waals surface area contributed by atoms with E-state index in [1.54, 1.807) is 23.5 Å². The molecule has 8 heteroatoms. The van der Waals surface area contributed by atoms with Crippen molar-refractivity contribution in [2.75, 3.05) is 23.3 Å². The highest BCUT2D eigenvalue weighted by atomic mass is 19.1. The number of hydrogen-bond acceptors (Lipinski definition) is 7. The first-order chi connectivity index (χ1) is 16.7. The first kappa shape index (κ1) is 24.7. The monoisotopic (exact) mass is 477 g/mol. The third kappa shape index (κ3) is 6.00. The zero-order chi connectivity index (χ0) is 25.2. The summed E-state index contributed by atoms with van der Waals surface area (Å²) in [6, 6.07) is 12.6. The van der Waals surface area contributed by atoms with E-state index in [0.717, 1.165) is 47.4 Å². The second-order valence-corrected chi connectivity index (χ2v) is 10.4. The fourth-order valence-corrected chi connectivity index (χ4v) is 4.15. The summed E-state index contributed by atoms with van der Waals surface area (Å²) >= 11 is 0. The van der Waals surface area contributed by atoms with Gasteiger partial charge in [-0.05, 0) is 61.1 Å². The van der Waals surface area contributed by atoms with Crippen LogP contribution >= 0.6 is 0 Å². The molecule has 0 radical (unpaired) electrons. The predicted molar refractivity (Wildman–Crippen MR) is 141 cm³/mol. The van der Waals surface area contributed by atoms with Crippen LogP contribution < -0.4 is 21.8 Å². The number of fused-ring (bicyclic) bond motifs is 1. The van der Waals surface area contributed by atoms with Gasteiger partial charge in [-0.3, -0.25) is 0 Å². The summed E-state index contributed by atoms with van der Waals surface area (Å²) in [5, 5.41) is 6.11. The summed E-state index contributed by atoms with van der Waals surface area (Å²) < 4.78 is 13.7. The molecule has 35 heavy (non-hydrogen) atoms. The smallest absolute Gasteiger partial charge is 0.137 e. The number of hydrogen-bond donors (Lipinski definition) is 3. The second-order valence-electron chi connectivity index (χ2n) is 10.4. The molecule has 0 bridgehead atoms. The van der Waals surface area contributed by atoms with Gasteiger partial charge in [0.1, 0.15) is 18.0 Å². The molecule has 3 aromatic rings. The Bertz CT molecular complexity index is 1180. The molecular weight excluding hydrogens is 441 g/mol. The molecule has 1 aromatic heterocycles. The first-order valence-electron chi connectivity index (χ1n) is 12.2. The van der Waals surface area contributed by atoms with Crippen molar-refractivity contribution < 1.29 is 4.39 Å². The number of rotatable bonds is 9. The number of nitrogens with two attached hydrogens (primary N) is 2. The number of likely N-dealkylation sites (N-methyl/N-ethyl adjacent to an activating group) is 1. The minimum absolute atomic E-state index is 0.104. The number of nitrogens with one attached hydrogen (secondary N) is 1. The van der Waals surface area contributed by atoms with E-state index in [9.17, 15) is 4.39 Å². The van der Waals surface area contributed by atoms with Crippen molar-refractivity contribution in [3.05, 3.63) is 72.1 Å². The van der Waals surface area contributed by atoms with E-state index in [1.807, 2.05) is 18.3 Å². The van der Waals surface area contributed by atoms with Crippen LogP contribution in [0.1, 0.15) is 52.1 Å². The Kier molecular flexibility index (Phi) is 7.12. The molecule has 0 aliphatic heterocycles. The molecule has 2 aromatic carbocycles. The molecule has 0 amide bonds. The van der Waals surface area contributed by atoms with Gasteiger partial charge in [0.05, 0.1) is 17.3 Å². The van der Waals surface area contributed by atoms with Gasteiger partial charge in [-0.1, -0.05) is 32.9 Å². The second kappa shape index (κ2) is 10.1. The van der Waals surface area contributed by atoms with Crippen LogP contribution in [0.25, 0.3) is 10.9 Å². The van der Waals surface area contributed by atoms with E-state index >= 15 is 0 Å². The van der Waals surface area contributed by atoms with E-state index in [0.29, 0.717) is 18.3 Å². The van der Waals surface area contributed by atoms with Crippen molar-refractivity contribution in [2.45, 2.75) is 52.6 Å². The quantitative estimate of drug-likeness (QED) is 0.297. The Labute approximate surface area is 207 Å². The lowest BCUT2D eigenvalue weighted by Crippen LogP contribution is -2.35. The number of benzene rings is 2. The lowest BCUT2D eigenvalue weighted by Gasteiger charge is -2.34. The molecule has 1 aliphatic carbocycles. The number of hydrazine groups is 1. The van der Waals surface area contributed by atoms with Gasteiger partial charge in [-0.25, -0.2) is 20.2 Å². The molecule has 0 spiro atoms. The molecule has 1 atom stereocenters. The maximum absolute atomic E-state index is 13.7. The zero-order valence-corrected chi connectivity index (χ0v) is 21.0. The molecule has 4 rings (SSSR count). The molecule has 5 N–H and O–H groups in total. The lowest BCUT2D eigenvalue weighted by atomic mass is 9.97. The Morgan fingerprint density at radius 2 is 1.89 bits per heavy atom. The van der Waals surface area contributed by atoms with Gasteiger partial charge in [0.15, 0.2) is 0 Å². The summed E-state index contributed by atoms with van der Waals surface area (Å²) in [6.45, 7) is 10.1. The molecule has 1 unspecified atom stereocenters. The van der Waals surface area contributed by atoms with Gasteiger partial charge in [0, 0.05) is 36.4 Å². The summed E-state index contributed by atoms with van der Waals surface area (Å²) in [6.07, 6.45) is 5.52. The fraction of sp³-hybridized carbons (Fsp3) is 0.407. The molecule has 1 fully saturated rings. The fourth-order valence-electron chi connectivity index (χ4n) is 4.15. The summed E-state index contributed by atoms with van der Waals surface area (Å²) in [7, 11) is 0. The largest absolute Gasteiger partial charge is 0.399 e. The van der Waals surface area contributed by atoms with E-state index in [-0.39, 0.29) is 17.3 Å². The lowest BCUT2D eigenvalue weighted by molar-refractivity contribution is 0.377. The zero-order valence-electron chi connectivity index (χ0n) is 21.0. The van der Waals surface area contributed by atoms with Crippen LogP contribution in [0.15, 0.2) is 60.7 Å². The number of aromatic nitrogens is 2. The first-order valence-corrected chi connectivity index (χ1v) is 12.2. The number of anilines is 2. The van der Waals surface area contributed by atoms with Gasteiger partial charge in [-0.2, -0.15) is 0 Å². The molecule has 1 saturated carbocycles. The SMILES string of the molecule is CCN(c1ccc2ncnc(NCC(C)(C)C)c2c1)C(/C(N)=C/N(N)C1CC1)c1ccc(F)cc1. The average Bonchev–Trinajstić information content (AvgIpc) is 3.67. The minimum atomic E-state index is -0.321. The van der Waals surface area contributed by atoms with Gasteiger partial charge in [0.25, 0.3) is 0 Å². The third-order valence-electron chi connectivity index (χ3n) is 6.16. The highest BCUT2D eigenvalue weighted by Crippen LogP contribution is 2.35. The van der Waals surface area contributed by atoms with Crippen LogP contribution in [-0.2, 0) is 0 Å². The third-order valence-corrected chi connectivity index (χ3v) is 6.16. The maximum atomic E-state index is 13.7. The molecule has 0 saturated heterocycles. The van der Waals surface area contributed by atoms with Crippen molar-refractivity contribution in [2.24, 2.45) is 17.0 Å². The topological polar surface area (TPSA) is 96.3 Å². The normalized spacial score (nSPS) is 15.2. The number of halogens is 1. The summed E-state index contributed by atoms with van der Waals surface area (Å²) in [5.41, 5.74) is 10.1. The molecule has 1 aliphatic rings. The van der Waals surface area contributed by atoms with Crippen molar-refractivity contribution in [3.63, 3.8) is 0 Å². The molecule has 1 heterocycles. The van der Waals surface area contributed by atoms with E-state index in [1.165, 1.54) is 12.1 Å². The van der Waals surface area contributed by atoms with Crippen LogP contribution in [0, 0.1) is 11.2 Å². The van der Waals surface area contributed by atoms with Crippen molar-refractivity contribution in [1.29, 1.82) is 0 Å². The van der Waals surface area contributed by atoms with Crippen LogP contribution in [0.2, 0.25) is 0 Å². The maximum Gasteiger partial charge on any atom is 0.137 e. The van der Waals surface area contributed by atoms with E-state index < -0.39 is 0 Å². The standard InChI is InChI=1S/C27H36FN7/c1-5-34(21-12-13-24-22(14-21)26(33-17-32-24)31-16-27(2,3)4)25(18-6-8-19(28)9-7-18)23(29)15-35(30)20-10-11-20/h6-9,12-15,17,20,25H,5,10-11,16,29-30H2,1-4H3,(H,31,32,33)/b23-15-. The van der Waals surface area contributed by atoms with Crippen LogP contribution in [0.5, 0.6) is 0 Å². The summed E-state index contributed by atoms with van der Waals surface area (Å²) in [4.78, 5) is 11.2. The average molecular weight is 478 g/mol. The van der Waals surface area contributed by atoms with Gasteiger partial charge in [-0.15, -0.1) is 0 Å². The van der Waals surface area contributed by atoms with Crippen LogP contribution in [0.3, 0.4) is 0 Å². The Morgan fingerprint density at radius 1 is 1.17 bits per heavy atom. The van der Waals surface area contributed by atoms with Crippen molar-refractivity contribution in [1.82, 2.24) is 15.0 Å². The predicted octanol–water partition coefficient (Wildman–Crippen LogP) is 4.93. The van der Waals surface area contributed by atoms with Gasteiger partial charge in [0.2, 0.25) is 0 Å². The van der Waals surface area contributed by atoms with Crippen LogP contribution in [-0.4, -0.2) is 34.1 Å². The van der Waals surface area contributed by atoms with Gasteiger partial charge >= 0.3 is 0 Å². The minimum Gasteiger partial charge on any atom is -0.399 e. The van der Waals surface area contributed by atoms with E-state index in [4.69, 9.17) is 11.6 Å². The molecule has 7 nitrogen and oxygen atoms in total. The number of nitrogens with zero attached hydrogens (tertiary/aromatic N) is 4. The molecular formula is C27H36FN7. The van der Waals surface area contributed by atoms with Gasteiger partial charge < -0.3 is 21.0 Å². The Hall–Kier alpha value is -3.39.